The summed E-state index contributed by atoms with van der Waals surface area (Å²) in [6.07, 6.45) is 0. The number of nitro groups is 1. The Bertz CT molecular complexity index is 616. The van der Waals surface area contributed by atoms with E-state index in [-0.39, 0.29) is 15.3 Å². The van der Waals surface area contributed by atoms with E-state index in [0.29, 0.717) is 11.3 Å². The molecule has 0 saturated carbocycles. The van der Waals surface area contributed by atoms with E-state index in [9.17, 15) is 20.0 Å². The van der Waals surface area contributed by atoms with E-state index in [1.807, 2.05) is 0 Å². The molecule has 78 valence electrons. The normalized spacial score (nSPS) is 10.7. The van der Waals surface area contributed by atoms with Crippen LogP contribution < -0.4 is 4.94 Å². The van der Waals surface area contributed by atoms with Crippen LogP contribution in [-0.2, 0) is 0 Å². The third-order valence-electron chi connectivity index (χ3n) is 1.71. The molecule has 1 N–H and O–H groups in total. The van der Waals surface area contributed by atoms with Crippen molar-refractivity contribution in [2.45, 2.75) is 0 Å². The molecule has 0 aliphatic heterocycles. The third kappa shape index (κ3) is 1.45. The van der Waals surface area contributed by atoms with Crippen molar-refractivity contribution < 1.29 is 14.4 Å². The van der Waals surface area contributed by atoms with Gasteiger partial charge in [0.2, 0.25) is 5.75 Å². The first-order valence-electron chi connectivity index (χ1n) is 3.60. The van der Waals surface area contributed by atoms with Gasteiger partial charge in [-0.15, -0.1) is 0 Å². The Morgan fingerprint density at radius 2 is 2.27 bits per heavy atom. The molecule has 0 amide bonds. The maximum atomic E-state index is 10.9. The monoisotopic (exact) mass is 247 g/mol. The van der Waals surface area contributed by atoms with Crippen molar-refractivity contribution in [1.29, 1.82) is 0 Å². The first kappa shape index (κ1) is 9.94. The molecule has 2 rings (SSSR count). The van der Waals surface area contributed by atoms with Gasteiger partial charge in [-0.3, -0.25) is 10.1 Å². The molecule has 1 aromatic carbocycles. The summed E-state index contributed by atoms with van der Waals surface area (Å²) in [6, 6.07) is 1.16. The Morgan fingerprint density at radius 3 is 2.87 bits per heavy atom. The summed E-state index contributed by atoms with van der Waals surface area (Å²) in [7, 11) is 0. The Morgan fingerprint density at radius 1 is 1.60 bits per heavy atom. The van der Waals surface area contributed by atoms with Crippen LogP contribution >= 0.6 is 22.9 Å². The second-order valence-electron chi connectivity index (χ2n) is 2.59. The highest BCUT2D eigenvalue weighted by atomic mass is 35.5. The number of nitro benzene ring substituents is 1. The first-order chi connectivity index (χ1) is 7.00. The molecule has 15 heavy (non-hydrogen) atoms. The van der Waals surface area contributed by atoms with Gasteiger partial charge in [0, 0.05) is 6.07 Å². The smallest absolute Gasteiger partial charge is 0.396 e. The molecular weight excluding hydrogens is 246 g/mol. The van der Waals surface area contributed by atoms with Crippen LogP contribution in [0.1, 0.15) is 0 Å². The van der Waals surface area contributed by atoms with Crippen LogP contribution in [0.4, 0.5) is 5.69 Å². The number of nitrogens with zero attached hydrogens (tertiary/aromatic N) is 1. The highest BCUT2D eigenvalue weighted by Crippen LogP contribution is 2.41. The molecule has 2 aromatic rings. The van der Waals surface area contributed by atoms with E-state index in [1.54, 1.807) is 0 Å². The van der Waals surface area contributed by atoms with Gasteiger partial charge in [-0.25, -0.2) is 4.79 Å². The average molecular weight is 248 g/mol. The summed E-state index contributed by atoms with van der Waals surface area (Å²) in [5.74, 6) is -0.661. The minimum Gasteiger partial charge on any atom is -0.501 e. The van der Waals surface area contributed by atoms with Crippen molar-refractivity contribution in [2.75, 3.05) is 0 Å². The summed E-state index contributed by atoms with van der Waals surface area (Å²) in [4.78, 5) is 20.0. The second kappa shape index (κ2) is 3.21. The zero-order chi connectivity index (χ0) is 11.2. The lowest BCUT2D eigenvalue weighted by molar-refractivity contribution is -0.383. The first-order valence-corrected chi connectivity index (χ1v) is 4.79. The molecule has 0 atom stereocenters. The van der Waals surface area contributed by atoms with E-state index in [0.717, 1.165) is 6.07 Å². The molecule has 6 nitrogen and oxygen atoms in total. The predicted molar refractivity (Wildman–Crippen MR) is 53.7 cm³/mol. The quantitative estimate of drug-likeness (QED) is 0.615. The van der Waals surface area contributed by atoms with Crippen LogP contribution in [0.3, 0.4) is 0 Å². The SMILES string of the molecule is O=c1oc2cc(Cl)c(O)c([N+](=O)[O-])c2s1. The van der Waals surface area contributed by atoms with Crippen molar-refractivity contribution in [3.8, 4) is 5.75 Å². The fraction of sp³-hybridized carbons (Fsp3) is 0. The van der Waals surface area contributed by atoms with Crippen molar-refractivity contribution in [2.24, 2.45) is 0 Å². The van der Waals surface area contributed by atoms with E-state index in [4.69, 9.17) is 11.6 Å². The second-order valence-corrected chi connectivity index (χ2v) is 3.95. The third-order valence-corrected chi connectivity index (χ3v) is 2.85. The van der Waals surface area contributed by atoms with Gasteiger partial charge in [0.15, 0.2) is 10.3 Å². The molecule has 0 spiro atoms. The molecular formula is C7H2ClNO5S. The summed E-state index contributed by atoms with van der Waals surface area (Å²) in [6.45, 7) is 0. The summed E-state index contributed by atoms with van der Waals surface area (Å²) in [5, 5.41) is 19.8. The predicted octanol–water partition coefficient (Wildman–Crippen LogP) is 2.12. The molecule has 1 aromatic heterocycles. The number of halogens is 1. The van der Waals surface area contributed by atoms with Crippen LogP contribution in [0.5, 0.6) is 5.75 Å². The van der Waals surface area contributed by atoms with Crippen molar-refractivity contribution >= 4 is 38.9 Å². The lowest BCUT2D eigenvalue weighted by Crippen LogP contribution is -1.89. The topological polar surface area (TPSA) is 93.6 Å². The number of fused-ring (bicyclic) bond motifs is 1. The van der Waals surface area contributed by atoms with Gasteiger partial charge < -0.3 is 9.52 Å². The number of phenols is 1. The Balaban J connectivity index is 3.01. The molecule has 1 heterocycles. The number of hydrogen-bond acceptors (Lipinski definition) is 6. The maximum Gasteiger partial charge on any atom is 0.396 e. The zero-order valence-electron chi connectivity index (χ0n) is 6.89. The van der Waals surface area contributed by atoms with E-state index in [1.165, 1.54) is 0 Å². The molecule has 0 saturated heterocycles. The minimum atomic E-state index is -0.811. The molecule has 0 aliphatic carbocycles. The van der Waals surface area contributed by atoms with Gasteiger partial charge in [0.1, 0.15) is 0 Å². The van der Waals surface area contributed by atoms with Crippen LogP contribution in [0.15, 0.2) is 15.3 Å². The van der Waals surface area contributed by atoms with Crippen LogP contribution in [-0.4, -0.2) is 10.0 Å². The molecule has 8 heteroatoms. The van der Waals surface area contributed by atoms with Gasteiger partial charge >= 0.3 is 10.6 Å². The standard InChI is InChI=1S/C7H2ClNO5S/c8-2-1-3-6(15-7(11)14-3)4(5(2)10)9(12)13/h1,10H. The molecule has 0 unspecified atom stereocenters. The minimum absolute atomic E-state index is 0.000463. The average Bonchev–Trinajstić information content (AvgIpc) is 2.46. The summed E-state index contributed by atoms with van der Waals surface area (Å²) in [5.41, 5.74) is -0.604. The van der Waals surface area contributed by atoms with Gasteiger partial charge in [0.25, 0.3) is 0 Å². The van der Waals surface area contributed by atoms with Crippen LogP contribution in [0, 0.1) is 10.1 Å². The van der Waals surface area contributed by atoms with Crippen LogP contribution in [0.2, 0.25) is 5.02 Å². The Hall–Kier alpha value is -1.60. The highest BCUT2D eigenvalue weighted by molar-refractivity contribution is 7.16. The summed E-state index contributed by atoms with van der Waals surface area (Å²) >= 11 is 6.08. The number of rotatable bonds is 1. The highest BCUT2D eigenvalue weighted by Gasteiger charge is 2.25. The van der Waals surface area contributed by atoms with Gasteiger partial charge in [-0.05, 0) is 11.3 Å². The lowest BCUT2D eigenvalue weighted by atomic mass is 10.3. The zero-order valence-corrected chi connectivity index (χ0v) is 8.46. The maximum absolute atomic E-state index is 10.9. The summed E-state index contributed by atoms with van der Waals surface area (Å²) < 4.78 is 4.64. The van der Waals surface area contributed by atoms with Crippen molar-refractivity contribution in [3.63, 3.8) is 0 Å². The number of hydrogen-bond donors (Lipinski definition) is 1. The fourth-order valence-electron chi connectivity index (χ4n) is 1.12. The van der Waals surface area contributed by atoms with Crippen LogP contribution in [0.25, 0.3) is 10.3 Å². The van der Waals surface area contributed by atoms with Crippen molar-refractivity contribution in [1.82, 2.24) is 0 Å². The molecule has 0 bridgehead atoms. The van der Waals surface area contributed by atoms with Gasteiger partial charge in [0.05, 0.1) is 9.95 Å². The lowest BCUT2D eigenvalue weighted by Gasteiger charge is -1.97. The number of aromatic hydroxyl groups is 1. The van der Waals surface area contributed by atoms with E-state index < -0.39 is 21.3 Å². The van der Waals surface area contributed by atoms with E-state index >= 15 is 0 Å². The van der Waals surface area contributed by atoms with Gasteiger partial charge in [-0.1, -0.05) is 11.6 Å². The van der Waals surface area contributed by atoms with Gasteiger partial charge in [-0.2, -0.15) is 0 Å². The number of benzene rings is 1. The Labute approximate surface area is 90.5 Å². The van der Waals surface area contributed by atoms with Crippen molar-refractivity contribution in [3.05, 3.63) is 30.9 Å². The fourth-order valence-corrected chi connectivity index (χ4v) is 2.08. The molecule has 0 radical (unpaired) electrons. The Kier molecular flexibility index (Phi) is 2.13. The van der Waals surface area contributed by atoms with E-state index in [2.05, 4.69) is 4.42 Å². The largest absolute Gasteiger partial charge is 0.501 e. The molecule has 0 aliphatic rings. The molecule has 0 fully saturated rings. The number of phenolic OH excluding ortho intramolecular Hbond substituents is 1.